The van der Waals surface area contributed by atoms with Gasteiger partial charge in [0.05, 0.1) is 5.60 Å². The summed E-state index contributed by atoms with van der Waals surface area (Å²) in [6.07, 6.45) is 24.5. The number of carbonyl (C=O) groups is 2. The van der Waals surface area contributed by atoms with Gasteiger partial charge in [-0.15, -0.1) is 6.58 Å². The molecule has 0 spiro atoms. The Balaban J connectivity index is -0.000000230. The van der Waals surface area contributed by atoms with Crippen LogP contribution in [-0.2, 0) is 9.59 Å². The van der Waals surface area contributed by atoms with Crippen LogP contribution in [0.15, 0.2) is 36.0 Å². The lowest BCUT2D eigenvalue weighted by Crippen LogP contribution is -2.19. The molecular formula is C34H66O5. The largest absolute Gasteiger partial charge is 0.481 e. The molecule has 0 rings (SSSR count). The van der Waals surface area contributed by atoms with Gasteiger partial charge in [-0.2, -0.15) is 0 Å². The molecule has 0 aliphatic rings. The van der Waals surface area contributed by atoms with E-state index in [1.807, 2.05) is 0 Å². The molecule has 0 heterocycles. The van der Waals surface area contributed by atoms with Crippen molar-refractivity contribution in [3.63, 3.8) is 0 Å². The maximum Gasteiger partial charge on any atom is 0.300 e. The maximum absolute atomic E-state index is 10.5. The number of carboxylic acid groups (broad SMARTS) is 1. The van der Waals surface area contributed by atoms with Crippen molar-refractivity contribution < 1.29 is 24.9 Å². The molecule has 0 fully saturated rings. The highest BCUT2D eigenvalue weighted by Gasteiger charge is 2.13. The summed E-state index contributed by atoms with van der Waals surface area (Å²) < 4.78 is 0. The van der Waals surface area contributed by atoms with Crippen LogP contribution in [-0.4, -0.2) is 39.3 Å². The quantitative estimate of drug-likeness (QED) is 0.109. The fraction of sp³-hybridized carbons (Fsp3) is 0.765. The first-order chi connectivity index (χ1) is 18.3. The third kappa shape index (κ3) is 57.3. The van der Waals surface area contributed by atoms with Crippen molar-refractivity contribution >= 4 is 11.8 Å². The van der Waals surface area contributed by atoms with Gasteiger partial charge in [0.1, 0.15) is 5.78 Å². The van der Waals surface area contributed by atoms with E-state index >= 15 is 0 Å². The first-order valence-corrected chi connectivity index (χ1v) is 15.2. The zero-order chi connectivity index (χ0) is 31.0. The van der Waals surface area contributed by atoms with E-state index in [2.05, 4.69) is 53.3 Å². The molecule has 39 heavy (non-hydrogen) atoms. The maximum atomic E-state index is 10.5. The summed E-state index contributed by atoms with van der Waals surface area (Å²) in [5, 5.41) is 25.6. The van der Waals surface area contributed by atoms with Gasteiger partial charge in [-0.25, -0.2) is 0 Å². The number of aliphatic carboxylic acids is 1. The molecule has 0 radical (unpaired) electrons. The number of rotatable bonds is 19. The van der Waals surface area contributed by atoms with Gasteiger partial charge in [-0.1, -0.05) is 101 Å². The number of allylic oxidation sites excluding steroid dienone is 4. The van der Waals surface area contributed by atoms with Crippen molar-refractivity contribution in [2.24, 2.45) is 0 Å². The zero-order valence-electron chi connectivity index (χ0n) is 27.1. The molecule has 0 amide bonds. The SMILES string of the molecule is C=CC(C)(O)CCC=C(C)CCC=C(C)C.CC(=O)O.CCCCCCCC(C)=O.CCCCCCCCO. The molecule has 0 aromatic carbocycles. The lowest BCUT2D eigenvalue weighted by atomic mass is 9.99. The molecule has 232 valence electrons. The average Bonchev–Trinajstić information content (AvgIpc) is 2.84. The van der Waals surface area contributed by atoms with Gasteiger partial charge in [0.25, 0.3) is 5.97 Å². The second-order valence-electron chi connectivity index (χ2n) is 10.8. The molecule has 3 N–H and O–H groups in total. The Morgan fingerprint density at radius 2 is 1.21 bits per heavy atom. The fourth-order valence-corrected chi connectivity index (χ4v) is 3.27. The van der Waals surface area contributed by atoms with Crippen LogP contribution in [0.25, 0.3) is 0 Å². The van der Waals surface area contributed by atoms with Gasteiger partial charge in [0.2, 0.25) is 0 Å². The van der Waals surface area contributed by atoms with E-state index in [1.165, 1.54) is 68.9 Å². The lowest BCUT2D eigenvalue weighted by Gasteiger charge is -2.16. The molecule has 1 atom stereocenters. The number of hydrogen-bond donors (Lipinski definition) is 3. The second-order valence-corrected chi connectivity index (χ2v) is 10.8. The van der Waals surface area contributed by atoms with Crippen molar-refractivity contribution in [3.8, 4) is 0 Å². The second kappa shape index (κ2) is 34.3. The highest BCUT2D eigenvalue weighted by atomic mass is 16.4. The zero-order valence-corrected chi connectivity index (χ0v) is 27.1. The van der Waals surface area contributed by atoms with E-state index < -0.39 is 11.6 Å². The number of hydrogen-bond acceptors (Lipinski definition) is 4. The molecule has 1 unspecified atom stereocenters. The standard InChI is InChI=1S/C15H26O.C9H18O.C8H18O.C2H4O2/c1-6-15(5,16)12-8-11-14(4)10-7-9-13(2)3;1-3-4-5-6-7-8-9(2)10;1-2-3-4-5-6-7-8-9;1-2(3)4/h6,9,11,16H,1,7-8,10,12H2,2-5H3;3-8H2,1-2H3;9H,2-8H2,1H3;1H3,(H,3,4). The van der Waals surface area contributed by atoms with Gasteiger partial charge < -0.3 is 20.1 Å². The number of ketones is 1. The third-order valence-corrected chi connectivity index (χ3v) is 5.82. The minimum atomic E-state index is -0.833. The molecule has 0 saturated carbocycles. The number of aliphatic hydroxyl groups is 2. The topological polar surface area (TPSA) is 94.8 Å². The van der Waals surface area contributed by atoms with Crippen LogP contribution < -0.4 is 0 Å². The molecule has 0 aliphatic heterocycles. The summed E-state index contributed by atoms with van der Waals surface area (Å²) in [5.41, 5.74) is 2.05. The number of carboxylic acids is 1. The Morgan fingerprint density at radius 1 is 0.744 bits per heavy atom. The minimum absolute atomic E-state index is 0.330. The summed E-state index contributed by atoms with van der Waals surface area (Å²) in [5.74, 6) is -0.503. The number of aliphatic hydroxyl groups excluding tert-OH is 1. The Morgan fingerprint density at radius 3 is 1.62 bits per heavy atom. The van der Waals surface area contributed by atoms with E-state index in [0.717, 1.165) is 51.9 Å². The fourth-order valence-electron chi connectivity index (χ4n) is 3.27. The molecule has 0 aromatic rings. The highest BCUT2D eigenvalue weighted by Crippen LogP contribution is 2.15. The molecule has 5 nitrogen and oxygen atoms in total. The Labute approximate surface area is 242 Å². The molecule has 5 heteroatoms. The van der Waals surface area contributed by atoms with Crippen LogP contribution in [0, 0.1) is 0 Å². The molecule has 0 aromatic heterocycles. The minimum Gasteiger partial charge on any atom is -0.481 e. The van der Waals surface area contributed by atoms with E-state index in [4.69, 9.17) is 15.0 Å². The van der Waals surface area contributed by atoms with E-state index in [-0.39, 0.29) is 0 Å². The van der Waals surface area contributed by atoms with Crippen molar-refractivity contribution in [1.29, 1.82) is 0 Å². The molecule has 0 saturated heterocycles. The summed E-state index contributed by atoms with van der Waals surface area (Å²) in [6.45, 7) is 19.4. The predicted molar refractivity (Wildman–Crippen MR) is 170 cm³/mol. The van der Waals surface area contributed by atoms with Crippen LogP contribution in [0.5, 0.6) is 0 Å². The Bertz CT molecular complexity index is 603. The van der Waals surface area contributed by atoms with Crippen LogP contribution in [0.3, 0.4) is 0 Å². The van der Waals surface area contributed by atoms with Crippen molar-refractivity contribution in [2.45, 2.75) is 164 Å². The van der Waals surface area contributed by atoms with Crippen LogP contribution in [0.2, 0.25) is 0 Å². The first kappa shape index (κ1) is 44.3. The average molecular weight is 555 g/mol. The van der Waals surface area contributed by atoms with Gasteiger partial charge in [0, 0.05) is 20.0 Å². The summed E-state index contributed by atoms with van der Waals surface area (Å²) in [4.78, 5) is 19.5. The number of unbranched alkanes of at least 4 members (excludes halogenated alkanes) is 9. The first-order valence-electron chi connectivity index (χ1n) is 15.2. The van der Waals surface area contributed by atoms with Gasteiger partial charge in [-0.05, 0) is 73.1 Å². The Hall–Kier alpha value is -1.72. The summed E-state index contributed by atoms with van der Waals surface area (Å²) in [6, 6.07) is 0. The summed E-state index contributed by atoms with van der Waals surface area (Å²) in [7, 11) is 0. The molecule has 0 bridgehead atoms. The van der Waals surface area contributed by atoms with Gasteiger partial charge >= 0.3 is 0 Å². The molecule has 0 aliphatic carbocycles. The predicted octanol–water partition coefficient (Wildman–Crippen LogP) is 9.76. The van der Waals surface area contributed by atoms with E-state index in [9.17, 15) is 9.90 Å². The monoisotopic (exact) mass is 554 g/mol. The van der Waals surface area contributed by atoms with Gasteiger partial charge in [-0.3, -0.25) is 4.79 Å². The van der Waals surface area contributed by atoms with Crippen LogP contribution >= 0.6 is 0 Å². The summed E-state index contributed by atoms with van der Waals surface area (Å²) >= 11 is 0. The normalized spacial score (nSPS) is 11.8. The van der Waals surface area contributed by atoms with Crippen LogP contribution in [0.4, 0.5) is 0 Å². The highest BCUT2D eigenvalue weighted by molar-refractivity contribution is 5.75. The van der Waals surface area contributed by atoms with Crippen molar-refractivity contribution in [2.75, 3.05) is 6.61 Å². The van der Waals surface area contributed by atoms with Crippen LogP contribution in [0.1, 0.15) is 158 Å². The van der Waals surface area contributed by atoms with Crippen molar-refractivity contribution in [1.82, 2.24) is 0 Å². The van der Waals surface area contributed by atoms with Crippen molar-refractivity contribution in [3.05, 3.63) is 36.0 Å². The Kier molecular flexibility index (Phi) is 39.0. The van der Waals surface area contributed by atoms with E-state index in [0.29, 0.717) is 12.4 Å². The van der Waals surface area contributed by atoms with Gasteiger partial charge in [0.15, 0.2) is 0 Å². The molecular weight excluding hydrogens is 488 g/mol. The number of Topliss-reactive ketones (excluding diaryl/α,β-unsaturated/α-hetero) is 1. The third-order valence-electron chi connectivity index (χ3n) is 5.82. The lowest BCUT2D eigenvalue weighted by molar-refractivity contribution is -0.134. The van der Waals surface area contributed by atoms with E-state index in [1.54, 1.807) is 19.9 Å². The smallest absolute Gasteiger partial charge is 0.300 e. The number of carbonyl (C=O) groups excluding carboxylic acids is 1.